The smallest absolute Gasteiger partial charge is 0.255 e. The Morgan fingerprint density at radius 2 is 2.08 bits per heavy atom. The monoisotopic (exact) mass is 332 g/mol. The third-order valence-electron chi connectivity index (χ3n) is 3.31. The molecule has 0 radical (unpaired) electrons. The number of aromatic nitrogens is 2. The number of ether oxygens (including phenoxy) is 2. The van der Waals surface area contributed by atoms with Crippen LogP contribution in [0.15, 0.2) is 29.1 Å². The van der Waals surface area contributed by atoms with E-state index in [0.717, 1.165) is 10.1 Å². The van der Waals surface area contributed by atoms with Crippen LogP contribution in [0.1, 0.15) is 11.3 Å². The Morgan fingerprint density at radius 1 is 1.33 bits per heavy atom. The lowest BCUT2D eigenvalue weighted by atomic mass is 10.2. The van der Waals surface area contributed by atoms with Crippen molar-refractivity contribution in [1.82, 2.24) is 9.55 Å². The molecule has 0 spiro atoms. The van der Waals surface area contributed by atoms with Gasteiger partial charge < -0.3 is 20.5 Å². The van der Waals surface area contributed by atoms with Crippen molar-refractivity contribution in [3.63, 3.8) is 0 Å². The number of hydrogen-bond donors (Lipinski definition) is 2. The SMILES string of the molecule is COCc1cc(=O)n(CC(=O)Nc2cc(C)ccc2OC)c(N)n1. The zero-order valence-corrected chi connectivity index (χ0v) is 13.8. The van der Waals surface area contributed by atoms with Crippen LogP contribution in [0.5, 0.6) is 5.75 Å². The van der Waals surface area contributed by atoms with E-state index in [9.17, 15) is 9.59 Å². The van der Waals surface area contributed by atoms with Crippen molar-refractivity contribution in [2.45, 2.75) is 20.1 Å². The second-order valence-electron chi connectivity index (χ2n) is 5.21. The van der Waals surface area contributed by atoms with Gasteiger partial charge in [-0.2, -0.15) is 0 Å². The first-order chi connectivity index (χ1) is 11.4. The standard InChI is InChI=1S/C16H20N4O4/c1-10-4-5-13(24-3)12(6-10)19-14(21)8-20-15(22)7-11(9-23-2)18-16(20)17/h4-7H,8-9H2,1-3H3,(H2,17,18)(H,19,21). The Labute approximate surface area is 139 Å². The van der Waals surface area contributed by atoms with Crippen LogP contribution < -0.4 is 21.3 Å². The van der Waals surface area contributed by atoms with Crippen molar-refractivity contribution < 1.29 is 14.3 Å². The topological polar surface area (TPSA) is 108 Å². The molecule has 0 bridgehead atoms. The maximum absolute atomic E-state index is 12.2. The summed E-state index contributed by atoms with van der Waals surface area (Å²) >= 11 is 0. The number of hydrogen-bond acceptors (Lipinski definition) is 6. The molecule has 0 aliphatic carbocycles. The minimum Gasteiger partial charge on any atom is -0.495 e. The van der Waals surface area contributed by atoms with Crippen LogP contribution in [0.3, 0.4) is 0 Å². The van der Waals surface area contributed by atoms with Crippen LogP contribution in [0, 0.1) is 6.92 Å². The quantitative estimate of drug-likeness (QED) is 0.814. The fourth-order valence-electron chi connectivity index (χ4n) is 2.21. The zero-order valence-electron chi connectivity index (χ0n) is 13.8. The van der Waals surface area contributed by atoms with Gasteiger partial charge in [0.2, 0.25) is 11.9 Å². The minimum atomic E-state index is -0.416. The molecule has 0 fully saturated rings. The third kappa shape index (κ3) is 4.11. The molecule has 1 aromatic heterocycles. The van der Waals surface area contributed by atoms with E-state index < -0.39 is 11.5 Å². The molecule has 8 heteroatoms. The molecular weight excluding hydrogens is 312 g/mol. The highest BCUT2D eigenvalue weighted by atomic mass is 16.5. The van der Waals surface area contributed by atoms with Gasteiger partial charge in [-0.1, -0.05) is 6.07 Å². The Morgan fingerprint density at radius 3 is 2.71 bits per heavy atom. The van der Waals surface area contributed by atoms with Crippen LogP contribution in [-0.4, -0.2) is 29.7 Å². The number of aryl methyl sites for hydroxylation is 1. The fraction of sp³-hybridized carbons (Fsp3) is 0.312. The highest BCUT2D eigenvalue weighted by molar-refractivity contribution is 5.92. The number of amides is 1. The van der Waals surface area contributed by atoms with Gasteiger partial charge in [-0.25, -0.2) is 4.98 Å². The number of anilines is 2. The number of nitrogens with one attached hydrogen (secondary N) is 1. The number of nitrogens with zero attached hydrogens (tertiary/aromatic N) is 2. The number of benzene rings is 1. The lowest BCUT2D eigenvalue weighted by Crippen LogP contribution is -2.30. The lowest BCUT2D eigenvalue weighted by molar-refractivity contribution is -0.116. The summed E-state index contributed by atoms with van der Waals surface area (Å²) in [4.78, 5) is 28.4. The number of methoxy groups -OCH3 is 2. The van der Waals surface area contributed by atoms with Gasteiger partial charge in [-0.3, -0.25) is 14.2 Å². The molecular formula is C16H20N4O4. The van der Waals surface area contributed by atoms with E-state index in [2.05, 4.69) is 10.3 Å². The van der Waals surface area contributed by atoms with Gasteiger partial charge in [0.05, 0.1) is 25.1 Å². The highest BCUT2D eigenvalue weighted by Gasteiger charge is 2.12. The number of nitrogens with two attached hydrogens (primary N) is 1. The maximum atomic E-state index is 12.2. The predicted molar refractivity (Wildman–Crippen MR) is 90.0 cm³/mol. The molecule has 1 amide bonds. The second-order valence-corrected chi connectivity index (χ2v) is 5.21. The van der Waals surface area contributed by atoms with Gasteiger partial charge in [-0.05, 0) is 24.6 Å². The van der Waals surface area contributed by atoms with Crippen LogP contribution >= 0.6 is 0 Å². The number of nitrogen functional groups attached to an aromatic ring is 1. The molecule has 2 aromatic rings. The fourth-order valence-corrected chi connectivity index (χ4v) is 2.21. The van der Waals surface area contributed by atoms with E-state index in [1.807, 2.05) is 13.0 Å². The van der Waals surface area contributed by atoms with E-state index in [-0.39, 0.29) is 19.1 Å². The average Bonchev–Trinajstić information content (AvgIpc) is 2.51. The Hall–Kier alpha value is -2.87. The molecule has 1 aromatic carbocycles. The van der Waals surface area contributed by atoms with E-state index in [1.54, 1.807) is 12.1 Å². The van der Waals surface area contributed by atoms with E-state index in [4.69, 9.17) is 15.2 Å². The van der Waals surface area contributed by atoms with Gasteiger partial charge in [0.25, 0.3) is 5.56 Å². The van der Waals surface area contributed by atoms with Crippen LogP contribution in [0.4, 0.5) is 11.6 Å². The Kier molecular flexibility index (Phi) is 5.54. The van der Waals surface area contributed by atoms with Crippen molar-refractivity contribution >= 4 is 17.5 Å². The van der Waals surface area contributed by atoms with Crippen molar-refractivity contribution in [3.8, 4) is 5.75 Å². The molecule has 128 valence electrons. The van der Waals surface area contributed by atoms with Crippen molar-refractivity contribution in [2.75, 3.05) is 25.3 Å². The van der Waals surface area contributed by atoms with Crippen LogP contribution in [0.2, 0.25) is 0 Å². The first kappa shape index (κ1) is 17.5. The summed E-state index contributed by atoms with van der Waals surface area (Å²) in [7, 11) is 3.01. The average molecular weight is 332 g/mol. The molecule has 24 heavy (non-hydrogen) atoms. The van der Waals surface area contributed by atoms with Gasteiger partial charge in [-0.15, -0.1) is 0 Å². The summed E-state index contributed by atoms with van der Waals surface area (Å²) in [5, 5.41) is 2.71. The van der Waals surface area contributed by atoms with Crippen molar-refractivity contribution in [3.05, 3.63) is 45.9 Å². The molecule has 0 aliphatic rings. The summed E-state index contributed by atoms with van der Waals surface area (Å²) < 4.78 is 11.2. The summed E-state index contributed by atoms with van der Waals surface area (Å²) in [6.45, 7) is 1.82. The Balaban J connectivity index is 2.19. The number of rotatable bonds is 6. The molecule has 0 atom stereocenters. The lowest BCUT2D eigenvalue weighted by Gasteiger charge is -2.13. The van der Waals surface area contributed by atoms with E-state index in [0.29, 0.717) is 17.1 Å². The van der Waals surface area contributed by atoms with Gasteiger partial charge in [0, 0.05) is 13.2 Å². The predicted octanol–water partition coefficient (Wildman–Crippen LogP) is 0.928. The molecule has 0 saturated heterocycles. The zero-order chi connectivity index (χ0) is 17.7. The summed E-state index contributed by atoms with van der Waals surface area (Å²) in [5.41, 5.74) is 7.26. The first-order valence-corrected chi connectivity index (χ1v) is 7.24. The molecule has 0 aliphatic heterocycles. The van der Waals surface area contributed by atoms with Crippen molar-refractivity contribution in [2.24, 2.45) is 0 Å². The molecule has 0 saturated carbocycles. The Bertz CT molecular complexity index is 801. The normalized spacial score (nSPS) is 10.5. The summed E-state index contributed by atoms with van der Waals surface area (Å²) in [6.07, 6.45) is 0. The molecule has 0 unspecified atom stereocenters. The maximum Gasteiger partial charge on any atom is 0.255 e. The van der Waals surface area contributed by atoms with Crippen molar-refractivity contribution in [1.29, 1.82) is 0 Å². The minimum absolute atomic E-state index is 0.0408. The number of carbonyl (C=O) groups excluding carboxylic acids is 1. The molecule has 1 heterocycles. The molecule has 2 rings (SSSR count). The first-order valence-electron chi connectivity index (χ1n) is 7.24. The van der Waals surface area contributed by atoms with Crippen LogP contribution in [0.25, 0.3) is 0 Å². The van der Waals surface area contributed by atoms with Gasteiger partial charge >= 0.3 is 0 Å². The van der Waals surface area contributed by atoms with E-state index in [1.165, 1.54) is 20.3 Å². The van der Waals surface area contributed by atoms with Crippen LogP contribution in [-0.2, 0) is 22.7 Å². The van der Waals surface area contributed by atoms with E-state index >= 15 is 0 Å². The largest absolute Gasteiger partial charge is 0.495 e. The highest BCUT2D eigenvalue weighted by Crippen LogP contribution is 2.25. The summed E-state index contributed by atoms with van der Waals surface area (Å²) in [5.74, 6) is 0.0812. The second kappa shape index (κ2) is 7.60. The molecule has 8 nitrogen and oxygen atoms in total. The summed E-state index contributed by atoms with van der Waals surface area (Å²) in [6, 6.07) is 6.70. The van der Waals surface area contributed by atoms with Gasteiger partial charge in [0.15, 0.2) is 0 Å². The number of carbonyl (C=O) groups is 1. The third-order valence-corrected chi connectivity index (χ3v) is 3.31. The van der Waals surface area contributed by atoms with Gasteiger partial charge in [0.1, 0.15) is 12.3 Å². The molecule has 3 N–H and O–H groups in total.